The number of nitrogens with one attached hydrogen (secondary N) is 2. The van der Waals surface area contributed by atoms with E-state index >= 15 is 0 Å². The molecule has 0 unspecified atom stereocenters. The molecular formula is C17H10ClF3N6O. The second-order valence-electron chi connectivity index (χ2n) is 5.41. The monoisotopic (exact) mass is 406 g/mol. The molecule has 0 spiro atoms. The molecule has 3 rings (SSSR count). The third-order valence-corrected chi connectivity index (χ3v) is 3.83. The van der Waals surface area contributed by atoms with Crippen molar-refractivity contribution in [1.82, 2.24) is 20.0 Å². The van der Waals surface area contributed by atoms with Crippen molar-refractivity contribution >= 4 is 23.3 Å². The molecule has 0 aliphatic carbocycles. The van der Waals surface area contributed by atoms with Crippen LogP contribution in [0.25, 0.3) is 5.82 Å². The Balaban J connectivity index is 1.79. The third kappa shape index (κ3) is 4.05. The fraction of sp³-hybridized carbons (Fsp3) is 0.0588. The standard InChI is InChI=1S/C17H10ClF3N6O/c18-12-6-11(17(19,20)21)9-24-15(12)27-5-1-2-13(27)16(28)26-25-14-4-3-10(7-22)8-23-14/h1-6,8-9H,(H,23,25)(H,26,28). The maximum atomic E-state index is 12.8. The van der Waals surface area contributed by atoms with Gasteiger partial charge in [-0.25, -0.2) is 9.97 Å². The fourth-order valence-electron chi connectivity index (χ4n) is 2.23. The summed E-state index contributed by atoms with van der Waals surface area (Å²) in [6.45, 7) is 0. The Morgan fingerprint density at radius 1 is 1.21 bits per heavy atom. The van der Waals surface area contributed by atoms with Gasteiger partial charge in [-0.05, 0) is 30.3 Å². The molecule has 0 fully saturated rings. The maximum Gasteiger partial charge on any atom is 0.417 e. The van der Waals surface area contributed by atoms with Crippen molar-refractivity contribution in [3.05, 3.63) is 70.8 Å². The van der Waals surface area contributed by atoms with Gasteiger partial charge in [-0.2, -0.15) is 18.4 Å². The van der Waals surface area contributed by atoms with E-state index in [0.717, 1.165) is 6.07 Å². The highest BCUT2D eigenvalue weighted by Gasteiger charge is 2.32. The van der Waals surface area contributed by atoms with Gasteiger partial charge in [-0.15, -0.1) is 0 Å². The quantitative estimate of drug-likeness (QED) is 0.646. The summed E-state index contributed by atoms with van der Waals surface area (Å²) < 4.78 is 39.5. The molecule has 1 amide bonds. The zero-order valence-corrected chi connectivity index (χ0v) is 14.6. The molecule has 3 aromatic heterocycles. The van der Waals surface area contributed by atoms with Crippen LogP contribution in [-0.2, 0) is 6.18 Å². The number of rotatable bonds is 4. The first-order valence-electron chi connectivity index (χ1n) is 7.62. The van der Waals surface area contributed by atoms with E-state index in [9.17, 15) is 18.0 Å². The van der Waals surface area contributed by atoms with Crippen LogP contribution in [0.4, 0.5) is 19.0 Å². The van der Waals surface area contributed by atoms with Crippen molar-refractivity contribution in [2.75, 3.05) is 5.43 Å². The Kier molecular flexibility index (Phi) is 5.19. The summed E-state index contributed by atoms with van der Waals surface area (Å²) in [5.74, 6) is -0.341. The highest BCUT2D eigenvalue weighted by Crippen LogP contribution is 2.32. The Morgan fingerprint density at radius 2 is 2.00 bits per heavy atom. The molecule has 0 aliphatic heterocycles. The molecule has 0 bridgehead atoms. The van der Waals surface area contributed by atoms with E-state index in [4.69, 9.17) is 16.9 Å². The van der Waals surface area contributed by atoms with E-state index in [-0.39, 0.29) is 22.4 Å². The van der Waals surface area contributed by atoms with E-state index in [1.165, 1.54) is 41.2 Å². The maximum absolute atomic E-state index is 12.8. The van der Waals surface area contributed by atoms with E-state index in [2.05, 4.69) is 20.8 Å². The minimum Gasteiger partial charge on any atom is -0.295 e. The highest BCUT2D eigenvalue weighted by molar-refractivity contribution is 6.32. The second kappa shape index (κ2) is 7.58. The number of hydrazine groups is 1. The number of halogens is 4. The van der Waals surface area contributed by atoms with Crippen LogP contribution in [0, 0.1) is 11.3 Å². The van der Waals surface area contributed by atoms with Crippen LogP contribution >= 0.6 is 11.6 Å². The molecule has 0 atom stereocenters. The predicted octanol–water partition coefficient (Wildman–Crippen LogP) is 3.57. The molecule has 142 valence electrons. The molecular weight excluding hydrogens is 397 g/mol. The van der Waals surface area contributed by atoms with Gasteiger partial charge < -0.3 is 0 Å². The number of anilines is 1. The molecule has 11 heteroatoms. The topological polar surface area (TPSA) is 95.6 Å². The lowest BCUT2D eigenvalue weighted by Crippen LogP contribution is -2.31. The minimum absolute atomic E-state index is 0.0266. The van der Waals surface area contributed by atoms with Gasteiger partial charge in [-0.1, -0.05) is 11.6 Å². The van der Waals surface area contributed by atoms with Crippen molar-refractivity contribution in [1.29, 1.82) is 5.26 Å². The summed E-state index contributed by atoms with van der Waals surface area (Å²) in [5.41, 5.74) is 4.41. The fourth-order valence-corrected chi connectivity index (χ4v) is 2.49. The second-order valence-corrected chi connectivity index (χ2v) is 5.82. The lowest BCUT2D eigenvalue weighted by molar-refractivity contribution is -0.137. The first kappa shape index (κ1) is 19.2. The summed E-state index contributed by atoms with van der Waals surface area (Å²) >= 11 is 5.94. The number of amides is 1. The van der Waals surface area contributed by atoms with Gasteiger partial charge in [0.05, 0.1) is 16.1 Å². The van der Waals surface area contributed by atoms with Crippen LogP contribution in [0.3, 0.4) is 0 Å². The van der Waals surface area contributed by atoms with Crippen molar-refractivity contribution in [3.63, 3.8) is 0 Å². The number of carbonyl (C=O) groups excluding carboxylic acids is 1. The Morgan fingerprint density at radius 3 is 2.61 bits per heavy atom. The lowest BCUT2D eigenvalue weighted by atomic mass is 10.2. The normalized spacial score (nSPS) is 11.0. The molecule has 0 aromatic carbocycles. The molecule has 0 saturated heterocycles. The summed E-state index contributed by atoms with van der Waals surface area (Å²) in [7, 11) is 0. The average molecular weight is 407 g/mol. The number of alkyl halides is 3. The molecule has 3 heterocycles. The molecule has 3 aromatic rings. The van der Waals surface area contributed by atoms with Gasteiger partial charge in [-0.3, -0.25) is 20.2 Å². The number of nitriles is 1. The van der Waals surface area contributed by atoms with Gasteiger partial charge in [0.1, 0.15) is 17.6 Å². The largest absolute Gasteiger partial charge is 0.417 e. The van der Waals surface area contributed by atoms with E-state index in [0.29, 0.717) is 11.8 Å². The summed E-state index contributed by atoms with van der Waals surface area (Å²) in [5, 5.41) is 8.47. The van der Waals surface area contributed by atoms with E-state index in [1.807, 2.05) is 6.07 Å². The summed E-state index contributed by atoms with van der Waals surface area (Å²) in [6.07, 6.45) is -1.18. The molecule has 28 heavy (non-hydrogen) atoms. The van der Waals surface area contributed by atoms with E-state index in [1.54, 1.807) is 0 Å². The van der Waals surface area contributed by atoms with Crippen LogP contribution in [0.1, 0.15) is 21.6 Å². The van der Waals surface area contributed by atoms with Crippen LogP contribution < -0.4 is 10.9 Å². The number of carbonyl (C=O) groups is 1. The van der Waals surface area contributed by atoms with Crippen molar-refractivity contribution in [3.8, 4) is 11.9 Å². The zero-order chi connectivity index (χ0) is 20.3. The number of aromatic nitrogens is 3. The summed E-state index contributed by atoms with van der Waals surface area (Å²) in [6, 6.07) is 8.62. The number of hydrogen-bond donors (Lipinski definition) is 2. The Labute approximate surface area is 161 Å². The van der Waals surface area contributed by atoms with Gasteiger partial charge in [0.15, 0.2) is 5.82 Å². The number of nitrogens with zero attached hydrogens (tertiary/aromatic N) is 4. The Bertz CT molecular complexity index is 1060. The Hall–Kier alpha value is -3.58. The predicted molar refractivity (Wildman–Crippen MR) is 93.6 cm³/mol. The smallest absolute Gasteiger partial charge is 0.295 e. The molecule has 2 N–H and O–H groups in total. The highest BCUT2D eigenvalue weighted by atomic mass is 35.5. The van der Waals surface area contributed by atoms with Gasteiger partial charge in [0, 0.05) is 18.6 Å². The summed E-state index contributed by atoms with van der Waals surface area (Å²) in [4.78, 5) is 20.1. The van der Waals surface area contributed by atoms with Crippen molar-refractivity contribution in [2.24, 2.45) is 0 Å². The van der Waals surface area contributed by atoms with Crippen LogP contribution in [-0.4, -0.2) is 20.4 Å². The van der Waals surface area contributed by atoms with Gasteiger partial charge in [0.25, 0.3) is 5.91 Å². The number of hydrogen-bond acceptors (Lipinski definition) is 5. The van der Waals surface area contributed by atoms with Crippen LogP contribution in [0.15, 0.2) is 48.9 Å². The third-order valence-electron chi connectivity index (χ3n) is 3.56. The van der Waals surface area contributed by atoms with Crippen LogP contribution in [0.5, 0.6) is 0 Å². The first-order valence-corrected chi connectivity index (χ1v) is 8.00. The van der Waals surface area contributed by atoms with E-state index < -0.39 is 17.6 Å². The molecule has 7 nitrogen and oxygen atoms in total. The van der Waals surface area contributed by atoms with Crippen LogP contribution in [0.2, 0.25) is 5.02 Å². The molecule has 0 aliphatic rings. The average Bonchev–Trinajstić information content (AvgIpc) is 3.15. The van der Waals surface area contributed by atoms with Gasteiger partial charge >= 0.3 is 6.18 Å². The molecule has 0 saturated carbocycles. The lowest BCUT2D eigenvalue weighted by Gasteiger charge is -2.13. The molecule has 0 radical (unpaired) electrons. The zero-order valence-electron chi connectivity index (χ0n) is 13.8. The van der Waals surface area contributed by atoms with Crippen molar-refractivity contribution in [2.45, 2.75) is 6.18 Å². The van der Waals surface area contributed by atoms with Crippen molar-refractivity contribution < 1.29 is 18.0 Å². The minimum atomic E-state index is -4.58. The SMILES string of the molecule is N#Cc1ccc(NNC(=O)c2cccn2-c2ncc(C(F)(F)F)cc2Cl)nc1. The number of pyridine rings is 2. The van der Waals surface area contributed by atoms with Gasteiger partial charge in [0.2, 0.25) is 0 Å². The first-order chi connectivity index (χ1) is 13.3.